The topological polar surface area (TPSA) is 89.3 Å². The summed E-state index contributed by atoms with van der Waals surface area (Å²) in [5.41, 5.74) is -0.901. The van der Waals surface area contributed by atoms with Crippen molar-refractivity contribution in [2.45, 2.75) is 24.5 Å². The normalized spacial score (nSPS) is 20.6. The molecule has 1 aliphatic rings. The number of alkyl halides is 2. The van der Waals surface area contributed by atoms with Gasteiger partial charge in [-0.25, -0.2) is 17.2 Å². The number of hydrogen-bond donors (Lipinski definition) is 1. The lowest BCUT2D eigenvalue weighted by molar-refractivity contribution is -0.385. The molecular formula is C12H14F2N2O4S. The van der Waals surface area contributed by atoms with E-state index >= 15 is 0 Å². The number of nitro groups is 1. The minimum Gasteiger partial charge on any atom is -0.383 e. The van der Waals surface area contributed by atoms with Crippen molar-refractivity contribution in [2.24, 2.45) is 0 Å². The maximum absolute atomic E-state index is 12.9. The Morgan fingerprint density at radius 1 is 1.43 bits per heavy atom. The van der Waals surface area contributed by atoms with E-state index in [0.717, 1.165) is 12.1 Å². The molecule has 0 radical (unpaired) electrons. The predicted molar refractivity (Wildman–Crippen MR) is 73.4 cm³/mol. The lowest BCUT2D eigenvalue weighted by atomic mass is 10.1. The Morgan fingerprint density at radius 3 is 2.67 bits per heavy atom. The molecule has 1 unspecified atom stereocenters. The van der Waals surface area contributed by atoms with Crippen molar-refractivity contribution in [3.8, 4) is 0 Å². The van der Waals surface area contributed by atoms with Crippen LogP contribution in [-0.2, 0) is 9.84 Å². The maximum Gasteiger partial charge on any atom is 0.270 e. The highest BCUT2D eigenvalue weighted by molar-refractivity contribution is 7.92. The van der Waals surface area contributed by atoms with Crippen LogP contribution in [0, 0.1) is 10.1 Å². The van der Waals surface area contributed by atoms with Crippen LogP contribution in [0.2, 0.25) is 0 Å². The van der Waals surface area contributed by atoms with Gasteiger partial charge in [0, 0.05) is 29.9 Å². The van der Waals surface area contributed by atoms with Crippen LogP contribution < -0.4 is 5.32 Å². The van der Waals surface area contributed by atoms with Gasteiger partial charge in [-0.1, -0.05) is 0 Å². The van der Waals surface area contributed by atoms with Gasteiger partial charge in [0.25, 0.3) is 12.1 Å². The SMILES string of the molecule is O=[N+]([O-])c1ccc(NCC2CCCS2(=O)=O)c(C(F)F)c1. The monoisotopic (exact) mass is 320 g/mol. The Morgan fingerprint density at radius 2 is 2.14 bits per heavy atom. The number of sulfone groups is 1. The zero-order valence-corrected chi connectivity index (χ0v) is 11.8. The highest BCUT2D eigenvalue weighted by atomic mass is 32.2. The van der Waals surface area contributed by atoms with Gasteiger partial charge in [-0.15, -0.1) is 0 Å². The summed E-state index contributed by atoms with van der Waals surface area (Å²) in [6, 6.07) is 3.09. The van der Waals surface area contributed by atoms with E-state index in [2.05, 4.69) is 5.32 Å². The van der Waals surface area contributed by atoms with E-state index in [1.807, 2.05) is 0 Å². The van der Waals surface area contributed by atoms with Gasteiger partial charge in [0.2, 0.25) is 0 Å². The molecule has 1 saturated heterocycles. The quantitative estimate of drug-likeness (QED) is 0.665. The number of anilines is 1. The lowest BCUT2D eigenvalue weighted by Gasteiger charge is -2.14. The van der Waals surface area contributed by atoms with Crippen LogP contribution in [0.4, 0.5) is 20.2 Å². The number of nitro benzene ring substituents is 1. The summed E-state index contributed by atoms with van der Waals surface area (Å²) in [4.78, 5) is 9.85. The van der Waals surface area contributed by atoms with Gasteiger partial charge in [0.05, 0.1) is 15.9 Å². The molecule has 6 nitrogen and oxygen atoms in total. The van der Waals surface area contributed by atoms with E-state index in [4.69, 9.17) is 0 Å². The second-order valence-electron chi connectivity index (χ2n) is 4.84. The van der Waals surface area contributed by atoms with Gasteiger partial charge in [-0.05, 0) is 18.9 Å². The maximum atomic E-state index is 12.9. The molecule has 21 heavy (non-hydrogen) atoms. The average molecular weight is 320 g/mol. The van der Waals surface area contributed by atoms with Crippen molar-refractivity contribution in [3.63, 3.8) is 0 Å². The first kappa shape index (κ1) is 15.6. The summed E-state index contributed by atoms with van der Waals surface area (Å²) in [5, 5.41) is 12.7. The second kappa shape index (κ2) is 5.92. The molecule has 0 bridgehead atoms. The number of nitrogens with one attached hydrogen (secondary N) is 1. The molecule has 1 fully saturated rings. The van der Waals surface area contributed by atoms with Gasteiger partial charge < -0.3 is 5.32 Å². The van der Waals surface area contributed by atoms with E-state index in [1.54, 1.807) is 0 Å². The molecule has 0 aliphatic carbocycles. The van der Waals surface area contributed by atoms with E-state index in [1.165, 1.54) is 6.07 Å². The minimum atomic E-state index is -3.17. The van der Waals surface area contributed by atoms with E-state index in [0.29, 0.717) is 12.8 Å². The molecule has 0 aromatic heterocycles. The van der Waals surface area contributed by atoms with Gasteiger partial charge in [-0.2, -0.15) is 0 Å². The molecule has 116 valence electrons. The fraction of sp³-hybridized carbons (Fsp3) is 0.500. The van der Waals surface area contributed by atoms with E-state index < -0.39 is 37.7 Å². The third-order valence-corrected chi connectivity index (χ3v) is 5.74. The Balaban J connectivity index is 2.18. The molecular weight excluding hydrogens is 306 g/mol. The van der Waals surface area contributed by atoms with E-state index in [-0.39, 0.29) is 18.0 Å². The molecule has 1 N–H and O–H groups in total. The number of halogens is 2. The number of non-ortho nitro benzene ring substituents is 1. The van der Waals surface area contributed by atoms with E-state index in [9.17, 15) is 27.3 Å². The Hall–Kier alpha value is -1.77. The molecule has 0 saturated carbocycles. The van der Waals surface area contributed by atoms with Gasteiger partial charge in [0.1, 0.15) is 0 Å². The van der Waals surface area contributed by atoms with Crippen LogP contribution >= 0.6 is 0 Å². The first-order valence-corrected chi connectivity index (χ1v) is 8.05. The fourth-order valence-corrected chi connectivity index (χ4v) is 4.08. The van der Waals surface area contributed by atoms with Gasteiger partial charge in [0.15, 0.2) is 9.84 Å². The molecule has 1 heterocycles. The summed E-state index contributed by atoms with van der Waals surface area (Å²) >= 11 is 0. The van der Waals surface area contributed by atoms with Crippen molar-refractivity contribution in [1.82, 2.24) is 0 Å². The summed E-state index contributed by atoms with van der Waals surface area (Å²) in [6.07, 6.45) is -1.82. The van der Waals surface area contributed by atoms with Crippen LogP contribution in [-0.4, -0.2) is 30.9 Å². The van der Waals surface area contributed by atoms with Crippen molar-refractivity contribution in [3.05, 3.63) is 33.9 Å². The number of nitrogens with zero attached hydrogens (tertiary/aromatic N) is 1. The Bertz CT molecular complexity index is 649. The molecule has 0 spiro atoms. The molecule has 0 amide bonds. The zero-order chi connectivity index (χ0) is 15.6. The Labute approximate surface area is 120 Å². The standard InChI is InChI=1S/C12H14F2N2O4S/c13-12(14)10-6-8(16(17)18)3-4-11(10)15-7-9-2-1-5-21(9,19)20/h3-4,6,9,12,15H,1-2,5,7H2. The largest absolute Gasteiger partial charge is 0.383 e. The molecule has 9 heteroatoms. The Kier molecular flexibility index (Phi) is 4.40. The van der Waals surface area contributed by atoms with Crippen molar-refractivity contribution in [2.75, 3.05) is 17.6 Å². The van der Waals surface area contributed by atoms with Crippen molar-refractivity contribution < 1.29 is 22.1 Å². The van der Waals surface area contributed by atoms with Crippen molar-refractivity contribution >= 4 is 21.2 Å². The fourth-order valence-electron chi connectivity index (χ4n) is 2.32. The third kappa shape index (κ3) is 3.46. The van der Waals surface area contributed by atoms with Crippen LogP contribution in [0.15, 0.2) is 18.2 Å². The summed E-state index contributed by atoms with van der Waals surface area (Å²) < 4.78 is 49.2. The minimum absolute atomic E-state index is 0.0256. The number of benzene rings is 1. The first-order chi connectivity index (χ1) is 9.81. The molecule has 1 atom stereocenters. The first-order valence-electron chi connectivity index (χ1n) is 6.33. The summed E-state index contributed by atoms with van der Waals surface area (Å²) in [7, 11) is -3.17. The number of hydrogen-bond acceptors (Lipinski definition) is 5. The summed E-state index contributed by atoms with van der Waals surface area (Å²) in [6.45, 7) is 0.0276. The number of rotatable bonds is 5. The molecule has 1 aliphatic heterocycles. The predicted octanol–water partition coefficient (Wildman–Crippen LogP) is 2.52. The zero-order valence-electron chi connectivity index (χ0n) is 11.0. The van der Waals surface area contributed by atoms with Crippen molar-refractivity contribution in [1.29, 1.82) is 0 Å². The molecule has 2 rings (SSSR count). The van der Waals surface area contributed by atoms with Crippen LogP contribution in [0.3, 0.4) is 0 Å². The average Bonchev–Trinajstić information content (AvgIpc) is 2.74. The third-order valence-electron chi connectivity index (χ3n) is 3.46. The molecule has 1 aromatic rings. The highest BCUT2D eigenvalue weighted by Gasteiger charge is 2.31. The van der Waals surface area contributed by atoms with Crippen LogP contribution in [0.1, 0.15) is 24.8 Å². The summed E-state index contributed by atoms with van der Waals surface area (Å²) in [5.74, 6) is 0.112. The highest BCUT2D eigenvalue weighted by Crippen LogP contribution is 2.31. The molecule has 1 aromatic carbocycles. The smallest absolute Gasteiger partial charge is 0.270 e. The van der Waals surface area contributed by atoms with Crippen LogP contribution in [0.25, 0.3) is 0 Å². The van der Waals surface area contributed by atoms with Crippen LogP contribution in [0.5, 0.6) is 0 Å². The lowest BCUT2D eigenvalue weighted by Crippen LogP contribution is -2.25. The van der Waals surface area contributed by atoms with Gasteiger partial charge in [-0.3, -0.25) is 10.1 Å². The second-order valence-corrected chi connectivity index (χ2v) is 7.24. The van der Waals surface area contributed by atoms with Gasteiger partial charge >= 0.3 is 0 Å².